The molecule has 1 heteroatoms. The van der Waals surface area contributed by atoms with Gasteiger partial charge in [0.1, 0.15) is 0 Å². The molecule has 0 aromatic heterocycles. The summed E-state index contributed by atoms with van der Waals surface area (Å²) in [5.74, 6) is 0.171. The van der Waals surface area contributed by atoms with Gasteiger partial charge in [-0.15, -0.1) is 0 Å². The zero-order valence-corrected chi connectivity index (χ0v) is 30.8. The fourth-order valence-electron chi connectivity index (χ4n) is 9.11. The quantitative estimate of drug-likeness (QED) is 0.155. The summed E-state index contributed by atoms with van der Waals surface area (Å²) in [6.45, 7) is 0. The molecular formula is C55H37N. The second kappa shape index (κ2) is 13.3. The molecule has 0 spiro atoms. The fourth-order valence-corrected chi connectivity index (χ4v) is 9.11. The van der Waals surface area contributed by atoms with Crippen LogP contribution in [-0.2, 0) is 0 Å². The van der Waals surface area contributed by atoms with Crippen molar-refractivity contribution in [3.05, 3.63) is 235 Å². The van der Waals surface area contributed by atoms with Gasteiger partial charge in [-0.05, 0) is 113 Å². The van der Waals surface area contributed by atoms with E-state index >= 15 is 0 Å². The SMILES string of the molecule is c1ccc(-c2cccc(N(c3ccc(-c4ccc5ccc6c7ccccc7ccc6c5c4)cc3)c3cccc4c3-c3ccccc3C4c3ccccc3)c2)cc1. The Morgan fingerprint density at radius 1 is 0.321 bits per heavy atom. The molecular weight excluding hydrogens is 675 g/mol. The van der Waals surface area contributed by atoms with Crippen LogP contribution in [0.1, 0.15) is 22.6 Å². The van der Waals surface area contributed by atoms with E-state index in [-0.39, 0.29) is 5.92 Å². The lowest BCUT2D eigenvalue weighted by molar-refractivity contribution is 1.01. The molecule has 0 aliphatic heterocycles. The second-order valence-electron chi connectivity index (χ2n) is 14.9. The maximum absolute atomic E-state index is 2.46. The Morgan fingerprint density at radius 3 is 1.75 bits per heavy atom. The molecule has 0 radical (unpaired) electrons. The van der Waals surface area contributed by atoms with E-state index in [1.54, 1.807) is 0 Å². The predicted octanol–water partition coefficient (Wildman–Crippen LogP) is 15.1. The molecule has 0 bridgehead atoms. The van der Waals surface area contributed by atoms with Gasteiger partial charge in [-0.1, -0.05) is 182 Å². The van der Waals surface area contributed by atoms with Crippen molar-refractivity contribution >= 4 is 49.4 Å². The summed E-state index contributed by atoms with van der Waals surface area (Å²) in [4.78, 5) is 2.46. The van der Waals surface area contributed by atoms with Crippen LogP contribution in [0.3, 0.4) is 0 Å². The van der Waals surface area contributed by atoms with Crippen molar-refractivity contribution in [2.45, 2.75) is 5.92 Å². The van der Waals surface area contributed by atoms with E-state index in [4.69, 9.17) is 0 Å². The molecule has 0 saturated heterocycles. The highest BCUT2D eigenvalue weighted by molar-refractivity contribution is 6.17. The highest BCUT2D eigenvalue weighted by atomic mass is 15.1. The first kappa shape index (κ1) is 32.2. The molecule has 11 rings (SSSR count). The van der Waals surface area contributed by atoms with Crippen LogP contribution < -0.4 is 4.90 Å². The van der Waals surface area contributed by atoms with Gasteiger partial charge < -0.3 is 4.90 Å². The summed E-state index contributed by atoms with van der Waals surface area (Å²) >= 11 is 0. The maximum atomic E-state index is 2.46. The number of nitrogens with zero attached hydrogens (tertiary/aromatic N) is 1. The predicted molar refractivity (Wildman–Crippen MR) is 237 cm³/mol. The number of fused-ring (bicyclic) bond motifs is 8. The summed E-state index contributed by atoms with van der Waals surface area (Å²) in [5, 5.41) is 7.68. The molecule has 262 valence electrons. The largest absolute Gasteiger partial charge is 0.310 e. The van der Waals surface area contributed by atoms with Crippen LogP contribution in [0.5, 0.6) is 0 Å². The Hall–Kier alpha value is -7.22. The molecule has 10 aromatic rings. The molecule has 0 fully saturated rings. The van der Waals surface area contributed by atoms with Crippen molar-refractivity contribution in [2.75, 3.05) is 4.90 Å². The van der Waals surface area contributed by atoms with Crippen molar-refractivity contribution in [3.8, 4) is 33.4 Å². The standard InChI is InChI=1S/C55H37N/c1-3-13-37(14-4-1)42-18-11-19-45(35-42)56(53-24-12-23-51-54(41-16-5-2-6-17-41)49-21-9-10-22-50(49)55(51)53)44-31-27-38(28-32-44)43-26-25-40-30-33-47-46-20-8-7-15-39(46)29-34-48(47)52(40)36-43/h1-36,54H. The van der Waals surface area contributed by atoms with Crippen LogP contribution in [-0.4, -0.2) is 0 Å². The van der Waals surface area contributed by atoms with Gasteiger partial charge in [-0.25, -0.2) is 0 Å². The molecule has 56 heavy (non-hydrogen) atoms. The Balaban J connectivity index is 1.07. The maximum Gasteiger partial charge on any atom is 0.0543 e. The first-order valence-electron chi connectivity index (χ1n) is 19.5. The van der Waals surface area contributed by atoms with Crippen molar-refractivity contribution in [3.63, 3.8) is 0 Å². The number of hydrogen-bond acceptors (Lipinski definition) is 1. The van der Waals surface area contributed by atoms with Gasteiger partial charge in [0.05, 0.1) is 5.69 Å². The number of benzene rings is 10. The Kier molecular flexibility index (Phi) is 7.64. The minimum absolute atomic E-state index is 0.171. The van der Waals surface area contributed by atoms with E-state index in [1.807, 2.05) is 0 Å². The smallest absolute Gasteiger partial charge is 0.0543 e. The van der Waals surface area contributed by atoms with Crippen molar-refractivity contribution in [1.29, 1.82) is 0 Å². The van der Waals surface area contributed by atoms with Crippen LogP contribution in [0.25, 0.3) is 65.7 Å². The van der Waals surface area contributed by atoms with Gasteiger partial charge in [0.15, 0.2) is 0 Å². The zero-order chi connectivity index (χ0) is 37.0. The van der Waals surface area contributed by atoms with Crippen molar-refractivity contribution in [1.82, 2.24) is 0 Å². The fraction of sp³-hybridized carbons (Fsp3) is 0.0182. The monoisotopic (exact) mass is 711 g/mol. The first-order valence-corrected chi connectivity index (χ1v) is 19.5. The number of anilines is 3. The minimum atomic E-state index is 0.171. The van der Waals surface area contributed by atoms with Crippen LogP contribution >= 0.6 is 0 Å². The van der Waals surface area contributed by atoms with Gasteiger partial charge in [-0.3, -0.25) is 0 Å². The van der Waals surface area contributed by atoms with Gasteiger partial charge in [0.2, 0.25) is 0 Å². The average Bonchev–Trinajstić information content (AvgIpc) is 3.62. The van der Waals surface area contributed by atoms with E-state index in [9.17, 15) is 0 Å². The van der Waals surface area contributed by atoms with Gasteiger partial charge in [0, 0.05) is 22.9 Å². The summed E-state index contributed by atoms with van der Waals surface area (Å²) in [6.07, 6.45) is 0. The number of hydrogen-bond donors (Lipinski definition) is 0. The Morgan fingerprint density at radius 2 is 0.911 bits per heavy atom. The molecule has 0 N–H and O–H groups in total. The van der Waals surface area contributed by atoms with Crippen LogP contribution in [0, 0.1) is 0 Å². The van der Waals surface area contributed by atoms with Crippen LogP contribution in [0.2, 0.25) is 0 Å². The molecule has 1 nitrogen and oxygen atoms in total. The van der Waals surface area contributed by atoms with E-state index in [0.29, 0.717) is 0 Å². The zero-order valence-electron chi connectivity index (χ0n) is 30.8. The Bertz CT molecular complexity index is 3070. The first-order chi connectivity index (χ1) is 27.8. The molecule has 1 aliphatic rings. The molecule has 0 saturated carbocycles. The lowest BCUT2D eigenvalue weighted by Crippen LogP contribution is -2.11. The molecule has 10 aromatic carbocycles. The molecule has 0 amide bonds. The normalized spacial score (nSPS) is 13.2. The topological polar surface area (TPSA) is 3.24 Å². The highest BCUT2D eigenvalue weighted by Gasteiger charge is 2.33. The molecule has 1 unspecified atom stereocenters. The third kappa shape index (κ3) is 5.32. The second-order valence-corrected chi connectivity index (χ2v) is 14.9. The molecule has 1 atom stereocenters. The van der Waals surface area contributed by atoms with Crippen molar-refractivity contribution < 1.29 is 0 Å². The van der Waals surface area contributed by atoms with Gasteiger partial charge in [-0.2, -0.15) is 0 Å². The Labute approximate surface area is 327 Å². The average molecular weight is 712 g/mol. The van der Waals surface area contributed by atoms with E-state index in [1.165, 1.54) is 88.1 Å². The van der Waals surface area contributed by atoms with Crippen LogP contribution in [0.15, 0.2) is 218 Å². The number of rotatable bonds is 6. The third-order valence-electron chi connectivity index (χ3n) is 11.7. The van der Waals surface area contributed by atoms with E-state index in [0.717, 1.165) is 11.4 Å². The molecule has 1 aliphatic carbocycles. The van der Waals surface area contributed by atoms with E-state index < -0.39 is 0 Å². The summed E-state index contributed by atoms with van der Waals surface area (Å²) < 4.78 is 0. The summed E-state index contributed by atoms with van der Waals surface area (Å²) in [6, 6.07) is 80.2. The highest BCUT2D eigenvalue weighted by Crippen LogP contribution is 2.54. The summed E-state index contributed by atoms with van der Waals surface area (Å²) in [5.41, 5.74) is 14.8. The van der Waals surface area contributed by atoms with E-state index in [2.05, 4.69) is 223 Å². The lowest BCUT2D eigenvalue weighted by Gasteiger charge is -2.29. The van der Waals surface area contributed by atoms with Crippen molar-refractivity contribution in [2.24, 2.45) is 0 Å². The summed E-state index contributed by atoms with van der Waals surface area (Å²) in [7, 11) is 0. The third-order valence-corrected chi connectivity index (χ3v) is 11.7. The van der Waals surface area contributed by atoms with Crippen LogP contribution in [0.4, 0.5) is 17.1 Å². The lowest BCUT2D eigenvalue weighted by atomic mass is 9.89. The minimum Gasteiger partial charge on any atom is -0.310 e. The van der Waals surface area contributed by atoms with Gasteiger partial charge in [0.25, 0.3) is 0 Å². The molecule has 0 heterocycles. The van der Waals surface area contributed by atoms with Gasteiger partial charge >= 0.3 is 0 Å².